The normalized spacial score (nSPS) is 15.0. The molecule has 2 aromatic rings. The third-order valence-electron chi connectivity index (χ3n) is 15.6. The van der Waals surface area contributed by atoms with E-state index in [1.807, 2.05) is 0 Å². The van der Waals surface area contributed by atoms with Crippen LogP contribution in [0.15, 0.2) is 47.8 Å². The van der Waals surface area contributed by atoms with Gasteiger partial charge in [-0.2, -0.15) is 0 Å². The largest absolute Gasteiger partial charge is 0.481 e. The molecule has 0 aliphatic rings. The summed E-state index contributed by atoms with van der Waals surface area (Å²) in [5, 5.41) is 65.1. The highest BCUT2D eigenvalue weighted by Crippen LogP contribution is 2.21. The van der Waals surface area contributed by atoms with Crippen molar-refractivity contribution < 1.29 is 97.1 Å². The molecule has 0 spiro atoms. The Morgan fingerprint density at radius 2 is 0.971 bits per heavy atom. The second-order valence-corrected chi connectivity index (χ2v) is 25.8. The van der Waals surface area contributed by atoms with Gasteiger partial charge in [0.1, 0.15) is 66.5 Å². The summed E-state index contributed by atoms with van der Waals surface area (Å²) in [6.07, 6.45) is -2.29. The van der Waals surface area contributed by atoms with Gasteiger partial charge in [-0.1, -0.05) is 85.2 Å². The topological polar surface area (TPSA) is 658 Å². The van der Waals surface area contributed by atoms with Crippen LogP contribution in [0.25, 0.3) is 0 Å². The molecular formula is C63H99N19O20. The Morgan fingerprint density at radius 3 is 1.46 bits per heavy atom. The fourth-order valence-corrected chi connectivity index (χ4v) is 9.70. The number of hydrogen-bond acceptors (Lipinski definition) is 20. The fraction of sp³-hybridized carbons (Fsp3) is 0.587. The van der Waals surface area contributed by atoms with Crippen LogP contribution in [-0.2, 0) is 89.6 Å². The van der Waals surface area contributed by atoms with Gasteiger partial charge in [-0.25, -0.2) is 4.98 Å². The zero-order valence-electron chi connectivity index (χ0n) is 58.1. The van der Waals surface area contributed by atoms with E-state index in [2.05, 4.69) is 73.4 Å². The van der Waals surface area contributed by atoms with E-state index in [0.29, 0.717) is 17.7 Å². The number of amides is 13. The molecule has 1 aromatic heterocycles. The molecule has 13 atom stereocenters. The number of nitrogens with one attached hydrogen (secondary N) is 12. The standard InChI is InChI=1S/C63H99N19O20/c1-9-31(4)48(65)60(101)81-43(28-83)59(100)75-37(18-20-46(87)88)54(95)82-49(63(6,7)8)61(102)80-41(25-44(64)84)58(99)77-39(22-30(2)3)56(97)79-42(26-47(89)90)55(96)72-32(5)51(92)73-36(17-19-45(85)86)53(94)78-40(23-33-14-11-10-12-15-33)57(98)74-35(16-13-21-70-62(67)68)52(93)76-38(50(66)91)24-34-27-69-29-71-34/h10-12,14-15,27,29-32,35-43,48-49,83H,9,13,16-26,28,65H2,1-8H3,(H2,64,84)(H2,66,91)(H,69,71)(H,72,96)(H,73,92)(H,74,98)(H,75,100)(H,76,93)(H,77,99)(H,78,94)(H,79,97)(H,80,102)(H,81,101)(H,82,95)(H,85,86)(H,87,88)(H,89,90)(H4,67,68,70)/t31-,32-,35-,36-,37-,38-,39-,40-,41-,42-,43-,48-,49+/m0/s1. The van der Waals surface area contributed by atoms with Crippen LogP contribution in [-0.4, -0.2) is 217 Å². The predicted octanol–water partition coefficient (Wildman–Crippen LogP) is -6.38. The lowest BCUT2D eigenvalue weighted by Crippen LogP contribution is -2.63. The Labute approximate surface area is 587 Å². The van der Waals surface area contributed by atoms with E-state index in [4.69, 9.17) is 28.7 Å². The maximum Gasteiger partial charge on any atom is 0.305 e. The van der Waals surface area contributed by atoms with E-state index in [9.17, 15) is 97.1 Å². The molecule has 566 valence electrons. The fourth-order valence-electron chi connectivity index (χ4n) is 9.70. The highest BCUT2D eigenvalue weighted by molar-refractivity contribution is 6.01. The zero-order valence-corrected chi connectivity index (χ0v) is 58.1. The van der Waals surface area contributed by atoms with Gasteiger partial charge < -0.3 is 113 Å². The number of aromatic nitrogens is 2. The lowest BCUT2D eigenvalue weighted by Gasteiger charge is -2.33. The summed E-state index contributed by atoms with van der Waals surface area (Å²) in [6, 6.07) is -11.6. The Hall–Kier alpha value is -10.9. The molecule has 2 rings (SSSR count). The van der Waals surface area contributed by atoms with Crippen molar-refractivity contribution in [3.8, 4) is 0 Å². The second kappa shape index (κ2) is 42.9. The molecule has 0 aliphatic heterocycles. The van der Waals surface area contributed by atoms with Gasteiger partial charge in [0.15, 0.2) is 5.96 Å². The molecule has 0 bridgehead atoms. The van der Waals surface area contributed by atoms with E-state index >= 15 is 0 Å². The molecule has 0 unspecified atom stereocenters. The first-order valence-corrected chi connectivity index (χ1v) is 32.7. The van der Waals surface area contributed by atoms with Crippen molar-refractivity contribution in [2.24, 2.45) is 50.9 Å². The van der Waals surface area contributed by atoms with Gasteiger partial charge in [0.2, 0.25) is 76.8 Å². The molecule has 1 aromatic carbocycles. The van der Waals surface area contributed by atoms with Crippen LogP contribution in [0.2, 0.25) is 0 Å². The van der Waals surface area contributed by atoms with Crippen LogP contribution in [0.1, 0.15) is 131 Å². The molecule has 0 radical (unpaired) electrons. The van der Waals surface area contributed by atoms with Crippen LogP contribution < -0.4 is 87.2 Å². The van der Waals surface area contributed by atoms with Crippen molar-refractivity contribution >= 4 is 101 Å². The summed E-state index contributed by atoms with van der Waals surface area (Å²) >= 11 is 0. The van der Waals surface area contributed by atoms with Crippen molar-refractivity contribution in [2.75, 3.05) is 13.2 Å². The van der Waals surface area contributed by atoms with Gasteiger partial charge in [-0.05, 0) is 61.8 Å². The number of carbonyl (C=O) groups excluding carboxylic acids is 13. The van der Waals surface area contributed by atoms with Gasteiger partial charge in [0.25, 0.3) is 0 Å². The first kappa shape index (κ1) is 87.2. The number of imidazole rings is 1. The summed E-state index contributed by atoms with van der Waals surface area (Å²) < 4.78 is 0. The number of aromatic amines is 1. The number of rotatable bonds is 46. The van der Waals surface area contributed by atoms with E-state index in [1.54, 1.807) is 58.0 Å². The maximum absolute atomic E-state index is 14.4. The predicted molar refractivity (Wildman–Crippen MR) is 362 cm³/mol. The maximum atomic E-state index is 14.4. The average Bonchev–Trinajstić information content (AvgIpc) is 0.906. The molecule has 39 heteroatoms. The van der Waals surface area contributed by atoms with E-state index in [-0.39, 0.29) is 50.5 Å². The lowest BCUT2D eigenvalue weighted by molar-refractivity contribution is -0.142. The van der Waals surface area contributed by atoms with Gasteiger partial charge >= 0.3 is 17.9 Å². The lowest BCUT2D eigenvalue weighted by atomic mass is 9.85. The minimum absolute atomic E-state index is 0.0108. The number of benzene rings is 1. The number of guanidine groups is 1. The number of nitrogens with two attached hydrogens (primary N) is 5. The Kier molecular flexibility index (Phi) is 36.7. The van der Waals surface area contributed by atoms with Crippen molar-refractivity contribution in [3.63, 3.8) is 0 Å². The number of primary amides is 2. The number of carbonyl (C=O) groups is 16. The molecule has 0 saturated heterocycles. The SMILES string of the molecule is CC[C@H](C)[C@H](N)C(=O)N[C@@H](CO)C(=O)N[C@@H](CCC(=O)O)C(=O)N[C@H](C(=O)N[C@@H](CC(N)=O)C(=O)N[C@@H](CC(C)C)C(=O)N[C@@H](CC(=O)O)C(=O)N[C@@H](C)C(=O)N[C@@H](CCC(=O)O)C(=O)N[C@@H](Cc1ccccc1)C(=O)N[C@@H](CCCN=C(N)N)C(=O)N[C@@H](Cc1cnc[nH]1)C(N)=O)C(C)(C)C. The third kappa shape index (κ3) is 32.0. The minimum atomic E-state index is -2.04. The number of aliphatic hydroxyl groups excluding tert-OH is 1. The number of aliphatic carboxylic acids is 3. The summed E-state index contributed by atoms with van der Waals surface area (Å²) in [4.78, 5) is 225. The quantitative estimate of drug-likeness (QED) is 0.0167. The molecular weight excluding hydrogens is 1340 g/mol. The second-order valence-electron chi connectivity index (χ2n) is 25.8. The Morgan fingerprint density at radius 1 is 0.520 bits per heavy atom. The first-order chi connectivity index (χ1) is 47.7. The number of hydrogen-bond donors (Lipinski definition) is 21. The number of aliphatic imine (C=N–C) groups is 1. The summed E-state index contributed by atoms with van der Waals surface area (Å²) in [6.45, 7) is 11.1. The number of aliphatic hydroxyl groups is 1. The van der Waals surface area contributed by atoms with Crippen molar-refractivity contribution in [1.82, 2.24) is 68.5 Å². The number of nitrogens with zero attached hydrogens (tertiary/aromatic N) is 2. The van der Waals surface area contributed by atoms with E-state index in [1.165, 1.54) is 33.3 Å². The van der Waals surface area contributed by atoms with Crippen LogP contribution in [0.4, 0.5) is 0 Å². The van der Waals surface area contributed by atoms with Crippen molar-refractivity contribution in [1.29, 1.82) is 0 Å². The average molecular weight is 1440 g/mol. The first-order valence-electron chi connectivity index (χ1n) is 32.7. The number of H-pyrrole nitrogens is 1. The third-order valence-corrected chi connectivity index (χ3v) is 15.6. The highest BCUT2D eigenvalue weighted by Gasteiger charge is 2.40. The molecule has 0 fully saturated rings. The van der Waals surface area contributed by atoms with E-state index in [0.717, 1.165) is 6.92 Å². The van der Waals surface area contributed by atoms with Crippen molar-refractivity contribution in [3.05, 3.63) is 54.1 Å². The molecule has 39 nitrogen and oxygen atoms in total. The minimum Gasteiger partial charge on any atom is -0.481 e. The van der Waals surface area contributed by atoms with Gasteiger partial charge in [0, 0.05) is 44.1 Å². The number of carboxylic acids is 3. The van der Waals surface area contributed by atoms with Crippen LogP contribution in [0.3, 0.4) is 0 Å². The highest BCUT2D eigenvalue weighted by atomic mass is 16.4. The molecule has 102 heavy (non-hydrogen) atoms. The molecule has 26 N–H and O–H groups in total. The Bertz CT molecular complexity index is 3270. The summed E-state index contributed by atoms with van der Waals surface area (Å²) in [5.74, 6) is -20.0. The van der Waals surface area contributed by atoms with Crippen LogP contribution >= 0.6 is 0 Å². The van der Waals surface area contributed by atoms with Crippen LogP contribution in [0.5, 0.6) is 0 Å². The Balaban J connectivity index is 2.46. The zero-order chi connectivity index (χ0) is 77.3. The van der Waals surface area contributed by atoms with Gasteiger partial charge in [-0.3, -0.25) is 81.7 Å². The van der Waals surface area contributed by atoms with Gasteiger partial charge in [0.05, 0.1) is 31.8 Å². The van der Waals surface area contributed by atoms with E-state index < -0.39 is 224 Å². The molecule has 13 amide bonds. The smallest absolute Gasteiger partial charge is 0.305 e. The number of carboxylic acid groups (broad SMARTS) is 3. The van der Waals surface area contributed by atoms with Gasteiger partial charge in [-0.15, -0.1) is 0 Å². The monoisotopic (exact) mass is 1440 g/mol. The van der Waals surface area contributed by atoms with Crippen LogP contribution in [0, 0.1) is 17.3 Å². The summed E-state index contributed by atoms with van der Waals surface area (Å²) in [7, 11) is 0. The molecule has 0 saturated carbocycles. The molecule has 1 heterocycles. The molecule has 0 aliphatic carbocycles. The summed E-state index contributed by atoms with van der Waals surface area (Å²) in [5.41, 5.74) is 27.6. The van der Waals surface area contributed by atoms with Crippen molar-refractivity contribution in [2.45, 2.75) is 205 Å².